The summed E-state index contributed by atoms with van der Waals surface area (Å²) in [5, 5.41) is 2.99. The second-order valence-electron chi connectivity index (χ2n) is 6.74. The number of nitrogens with zero attached hydrogens (tertiary/aromatic N) is 2. The Morgan fingerprint density at radius 2 is 2.00 bits per heavy atom. The van der Waals surface area contributed by atoms with Crippen molar-refractivity contribution in [3.8, 4) is 11.6 Å². The number of ether oxygens (including phenoxy) is 1. The number of nitrogens with one attached hydrogen (secondary N) is 1. The Labute approximate surface area is 177 Å². The van der Waals surface area contributed by atoms with Crippen molar-refractivity contribution in [1.82, 2.24) is 9.97 Å². The average Bonchev–Trinajstić information content (AvgIpc) is 3.13. The van der Waals surface area contributed by atoms with Crippen LogP contribution in [-0.2, 0) is 6.18 Å². The van der Waals surface area contributed by atoms with E-state index < -0.39 is 11.9 Å². The molecule has 2 heterocycles. The SMILES string of the molecule is C=Cc1sc(Nc2cccnc2Oc2ccccc2C(C)CCC)nc1C(F)(F)F. The summed E-state index contributed by atoms with van der Waals surface area (Å²) in [7, 11) is 0. The molecule has 0 radical (unpaired) electrons. The third-order valence-corrected chi connectivity index (χ3v) is 5.46. The molecular weight excluding hydrogens is 411 g/mol. The van der Waals surface area contributed by atoms with E-state index in [1.165, 1.54) is 0 Å². The highest BCUT2D eigenvalue weighted by Gasteiger charge is 2.36. The molecule has 0 saturated carbocycles. The largest absolute Gasteiger partial charge is 0.437 e. The Kier molecular flexibility index (Phi) is 6.77. The molecule has 0 aliphatic carbocycles. The Morgan fingerprint density at radius 1 is 1.23 bits per heavy atom. The van der Waals surface area contributed by atoms with Crippen LogP contribution in [0.5, 0.6) is 11.6 Å². The van der Waals surface area contributed by atoms with Crippen molar-refractivity contribution in [3.05, 3.63) is 65.3 Å². The molecule has 3 aromatic rings. The van der Waals surface area contributed by atoms with Gasteiger partial charge in [0.25, 0.3) is 0 Å². The summed E-state index contributed by atoms with van der Waals surface area (Å²) in [5.74, 6) is 1.23. The van der Waals surface area contributed by atoms with E-state index in [1.807, 2.05) is 24.3 Å². The maximum atomic E-state index is 13.2. The first-order chi connectivity index (χ1) is 14.3. The van der Waals surface area contributed by atoms with Gasteiger partial charge in [-0.05, 0) is 42.2 Å². The van der Waals surface area contributed by atoms with Crippen LogP contribution in [0, 0.1) is 0 Å². The normalized spacial score (nSPS) is 12.4. The fourth-order valence-electron chi connectivity index (χ4n) is 3.08. The molecule has 1 N–H and O–H groups in total. The number of halogens is 3. The molecular formula is C22H22F3N3OS. The lowest BCUT2D eigenvalue weighted by molar-refractivity contribution is -0.140. The molecule has 0 bridgehead atoms. The smallest absolute Gasteiger partial charge is 0.434 e. The summed E-state index contributed by atoms with van der Waals surface area (Å²) in [6.07, 6.45) is 0.220. The number of alkyl halides is 3. The topological polar surface area (TPSA) is 47.0 Å². The first-order valence-electron chi connectivity index (χ1n) is 9.52. The summed E-state index contributed by atoms with van der Waals surface area (Å²) >= 11 is 0.867. The number of aromatic nitrogens is 2. The Morgan fingerprint density at radius 3 is 2.67 bits per heavy atom. The third-order valence-electron chi connectivity index (χ3n) is 4.50. The maximum Gasteiger partial charge on any atom is 0.434 e. The van der Waals surface area contributed by atoms with Crippen molar-refractivity contribution in [2.75, 3.05) is 5.32 Å². The molecule has 2 aromatic heterocycles. The molecule has 0 aliphatic heterocycles. The molecule has 0 saturated heterocycles. The first kappa shape index (κ1) is 21.8. The minimum Gasteiger partial charge on any atom is -0.437 e. The second kappa shape index (κ2) is 9.30. The summed E-state index contributed by atoms with van der Waals surface area (Å²) in [6.45, 7) is 7.71. The van der Waals surface area contributed by atoms with Crippen LogP contribution in [0.15, 0.2) is 49.2 Å². The van der Waals surface area contributed by atoms with Crippen molar-refractivity contribution in [2.24, 2.45) is 0 Å². The summed E-state index contributed by atoms with van der Waals surface area (Å²) < 4.78 is 45.6. The summed E-state index contributed by atoms with van der Waals surface area (Å²) in [4.78, 5) is 7.91. The van der Waals surface area contributed by atoms with E-state index in [2.05, 4.69) is 35.7 Å². The van der Waals surface area contributed by atoms with E-state index in [9.17, 15) is 13.2 Å². The van der Waals surface area contributed by atoms with E-state index in [0.717, 1.165) is 35.8 Å². The Hall–Kier alpha value is -2.87. The fourth-order valence-corrected chi connectivity index (χ4v) is 3.93. The minimum absolute atomic E-state index is 0.0462. The zero-order valence-electron chi connectivity index (χ0n) is 16.7. The van der Waals surface area contributed by atoms with E-state index in [0.29, 0.717) is 17.4 Å². The van der Waals surface area contributed by atoms with Crippen LogP contribution < -0.4 is 10.1 Å². The Bertz CT molecular complexity index is 1020. The van der Waals surface area contributed by atoms with Gasteiger partial charge < -0.3 is 10.1 Å². The van der Waals surface area contributed by atoms with Gasteiger partial charge in [-0.15, -0.1) is 0 Å². The third kappa shape index (κ3) is 4.99. The van der Waals surface area contributed by atoms with Gasteiger partial charge in [0.05, 0.1) is 4.88 Å². The molecule has 0 spiro atoms. The van der Waals surface area contributed by atoms with Gasteiger partial charge in [0.1, 0.15) is 11.4 Å². The van der Waals surface area contributed by atoms with Gasteiger partial charge in [-0.2, -0.15) is 13.2 Å². The molecule has 1 unspecified atom stereocenters. The minimum atomic E-state index is -4.55. The van der Waals surface area contributed by atoms with Gasteiger partial charge in [0.2, 0.25) is 5.88 Å². The first-order valence-corrected chi connectivity index (χ1v) is 10.3. The highest BCUT2D eigenvalue weighted by molar-refractivity contribution is 7.16. The lowest BCUT2D eigenvalue weighted by Gasteiger charge is -2.17. The van der Waals surface area contributed by atoms with Gasteiger partial charge in [-0.1, -0.05) is 56.4 Å². The van der Waals surface area contributed by atoms with E-state index >= 15 is 0 Å². The summed E-state index contributed by atoms with van der Waals surface area (Å²) in [6, 6.07) is 11.1. The molecule has 0 amide bonds. The van der Waals surface area contributed by atoms with Gasteiger partial charge >= 0.3 is 6.18 Å². The van der Waals surface area contributed by atoms with Crippen molar-refractivity contribution >= 4 is 28.2 Å². The molecule has 158 valence electrons. The van der Waals surface area contributed by atoms with E-state index in [4.69, 9.17) is 4.74 Å². The molecule has 4 nitrogen and oxygen atoms in total. The number of anilines is 2. The fraction of sp³-hybridized carbons (Fsp3) is 0.273. The van der Waals surface area contributed by atoms with Crippen LogP contribution in [0.2, 0.25) is 0 Å². The predicted molar refractivity (Wildman–Crippen MR) is 115 cm³/mol. The number of pyridine rings is 1. The van der Waals surface area contributed by atoms with Crippen LogP contribution in [0.1, 0.15) is 48.7 Å². The molecule has 8 heteroatoms. The highest BCUT2D eigenvalue weighted by Crippen LogP contribution is 2.39. The van der Waals surface area contributed by atoms with Crippen molar-refractivity contribution in [1.29, 1.82) is 0 Å². The number of para-hydroxylation sites is 1. The molecule has 0 aliphatic rings. The maximum absolute atomic E-state index is 13.2. The zero-order chi connectivity index (χ0) is 21.7. The Balaban J connectivity index is 1.90. The number of rotatable bonds is 8. The number of thiazole rings is 1. The van der Waals surface area contributed by atoms with Crippen LogP contribution >= 0.6 is 11.3 Å². The number of benzene rings is 1. The molecule has 30 heavy (non-hydrogen) atoms. The summed E-state index contributed by atoms with van der Waals surface area (Å²) in [5.41, 5.74) is 0.516. The van der Waals surface area contributed by atoms with Crippen molar-refractivity contribution < 1.29 is 17.9 Å². The molecule has 3 rings (SSSR count). The lowest BCUT2D eigenvalue weighted by atomic mass is 9.96. The lowest BCUT2D eigenvalue weighted by Crippen LogP contribution is -2.07. The highest BCUT2D eigenvalue weighted by atomic mass is 32.1. The quantitative estimate of drug-likeness (QED) is 0.396. The monoisotopic (exact) mass is 433 g/mol. The standard InChI is InChI=1S/C22H22F3N3OS/c1-4-9-14(3)15-10-6-7-12-17(15)29-20-16(11-8-13-26-20)27-21-28-19(22(23,24)25)18(5-2)30-21/h5-8,10-14H,2,4,9H2,1,3H3,(H,27,28). The molecule has 0 fully saturated rings. The van der Waals surface area contributed by atoms with Crippen LogP contribution in [0.25, 0.3) is 6.08 Å². The molecule has 1 aromatic carbocycles. The second-order valence-corrected chi connectivity index (χ2v) is 7.78. The van der Waals surface area contributed by atoms with Crippen LogP contribution in [0.3, 0.4) is 0 Å². The van der Waals surface area contributed by atoms with E-state index in [-0.39, 0.29) is 15.9 Å². The predicted octanol–water partition coefficient (Wildman–Crippen LogP) is 7.64. The van der Waals surface area contributed by atoms with Crippen molar-refractivity contribution in [3.63, 3.8) is 0 Å². The van der Waals surface area contributed by atoms with Crippen LogP contribution in [0.4, 0.5) is 24.0 Å². The van der Waals surface area contributed by atoms with Gasteiger partial charge in [0, 0.05) is 6.20 Å². The van der Waals surface area contributed by atoms with Crippen molar-refractivity contribution in [2.45, 2.75) is 38.8 Å². The molecule has 1 atom stereocenters. The van der Waals surface area contributed by atoms with E-state index in [1.54, 1.807) is 18.3 Å². The van der Waals surface area contributed by atoms with Gasteiger partial charge in [-0.25, -0.2) is 9.97 Å². The number of hydrogen-bond acceptors (Lipinski definition) is 5. The van der Waals surface area contributed by atoms with Gasteiger partial charge in [0.15, 0.2) is 10.8 Å². The van der Waals surface area contributed by atoms with Gasteiger partial charge in [-0.3, -0.25) is 0 Å². The average molecular weight is 433 g/mol. The zero-order valence-corrected chi connectivity index (χ0v) is 17.5. The number of hydrogen-bond donors (Lipinski definition) is 1. The van der Waals surface area contributed by atoms with Crippen LogP contribution in [-0.4, -0.2) is 9.97 Å².